The first-order valence-corrected chi connectivity index (χ1v) is 8.40. The second-order valence-corrected chi connectivity index (χ2v) is 7.55. The van der Waals surface area contributed by atoms with Gasteiger partial charge >= 0.3 is 0 Å². The predicted molar refractivity (Wildman–Crippen MR) is 84.4 cm³/mol. The van der Waals surface area contributed by atoms with E-state index in [2.05, 4.69) is 16.6 Å². The number of hydrogen-bond acceptors (Lipinski definition) is 3. The zero-order chi connectivity index (χ0) is 16.1. The number of hydrogen-bond donors (Lipinski definition) is 2. The molecule has 0 aliphatic heterocycles. The number of nitrogens with one attached hydrogen (secondary N) is 1. The Labute approximate surface area is 127 Å². The predicted octanol–water partition coefficient (Wildman–Crippen LogP) is 2.05. The highest BCUT2D eigenvalue weighted by molar-refractivity contribution is 7.89. The van der Waals surface area contributed by atoms with Crippen molar-refractivity contribution >= 4 is 10.0 Å². The van der Waals surface area contributed by atoms with Crippen molar-refractivity contribution in [2.24, 2.45) is 5.41 Å². The van der Waals surface area contributed by atoms with Gasteiger partial charge in [-0.2, -0.15) is 0 Å². The molecule has 1 aromatic carbocycles. The molecule has 4 nitrogen and oxygen atoms in total. The van der Waals surface area contributed by atoms with Gasteiger partial charge < -0.3 is 5.11 Å². The minimum atomic E-state index is -3.51. The van der Waals surface area contributed by atoms with E-state index < -0.39 is 10.0 Å². The second-order valence-electron chi connectivity index (χ2n) is 5.78. The van der Waals surface area contributed by atoms with E-state index in [1.165, 1.54) is 6.07 Å². The molecule has 0 fully saturated rings. The van der Waals surface area contributed by atoms with Crippen LogP contribution in [0.25, 0.3) is 0 Å². The number of aryl methyl sites for hydroxylation is 1. The van der Waals surface area contributed by atoms with E-state index in [4.69, 9.17) is 5.11 Å². The van der Waals surface area contributed by atoms with Gasteiger partial charge in [0.25, 0.3) is 0 Å². The highest BCUT2D eigenvalue weighted by atomic mass is 32.2. The summed E-state index contributed by atoms with van der Waals surface area (Å²) in [7, 11) is -3.51. The SMILES string of the molecule is CCC(C)(C)CNS(=O)(=O)c1ccc(C#CCO)c(C)c1. The van der Waals surface area contributed by atoms with Gasteiger partial charge in [-0.3, -0.25) is 0 Å². The Bertz CT molecular complexity index is 652. The first-order chi connectivity index (χ1) is 9.72. The van der Waals surface area contributed by atoms with Crippen molar-refractivity contribution in [2.75, 3.05) is 13.2 Å². The molecule has 0 heterocycles. The summed E-state index contributed by atoms with van der Waals surface area (Å²) in [5.74, 6) is 5.35. The molecule has 0 spiro atoms. The number of sulfonamides is 1. The number of rotatable bonds is 5. The third kappa shape index (κ3) is 5.16. The average molecular weight is 309 g/mol. The summed E-state index contributed by atoms with van der Waals surface area (Å²) in [5, 5.41) is 8.69. The summed E-state index contributed by atoms with van der Waals surface area (Å²) in [5.41, 5.74) is 1.42. The van der Waals surface area contributed by atoms with E-state index in [0.717, 1.165) is 17.5 Å². The molecule has 1 rings (SSSR count). The van der Waals surface area contributed by atoms with Gasteiger partial charge in [-0.15, -0.1) is 0 Å². The Morgan fingerprint density at radius 3 is 2.52 bits per heavy atom. The smallest absolute Gasteiger partial charge is 0.240 e. The molecule has 0 aromatic heterocycles. The van der Waals surface area contributed by atoms with Crippen molar-refractivity contribution in [3.8, 4) is 11.8 Å². The third-order valence-corrected chi connectivity index (χ3v) is 4.91. The van der Waals surface area contributed by atoms with Gasteiger partial charge in [0.2, 0.25) is 10.0 Å². The molecule has 0 saturated heterocycles. The molecule has 0 atom stereocenters. The summed E-state index contributed by atoms with van der Waals surface area (Å²) in [6, 6.07) is 4.80. The fraction of sp³-hybridized carbons (Fsp3) is 0.500. The molecule has 2 N–H and O–H groups in total. The molecular formula is C16H23NO3S. The number of aliphatic hydroxyl groups is 1. The van der Waals surface area contributed by atoms with Crippen LogP contribution in [-0.4, -0.2) is 26.7 Å². The molecule has 0 radical (unpaired) electrons. The fourth-order valence-corrected chi connectivity index (χ4v) is 2.90. The van der Waals surface area contributed by atoms with Gasteiger partial charge in [-0.05, 0) is 42.5 Å². The van der Waals surface area contributed by atoms with Crippen LogP contribution in [0.2, 0.25) is 0 Å². The first-order valence-electron chi connectivity index (χ1n) is 6.92. The Kier molecular flexibility index (Phi) is 5.97. The van der Waals surface area contributed by atoms with Crippen LogP contribution in [0.15, 0.2) is 23.1 Å². The van der Waals surface area contributed by atoms with Crippen molar-refractivity contribution in [3.05, 3.63) is 29.3 Å². The molecule has 0 aliphatic rings. The lowest BCUT2D eigenvalue weighted by atomic mass is 9.91. The van der Waals surface area contributed by atoms with Crippen LogP contribution < -0.4 is 4.72 Å². The summed E-state index contributed by atoms with van der Waals surface area (Å²) in [6.45, 7) is 8.07. The minimum absolute atomic E-state index is 0.0747. The van der Waals surface area contributed by atoms with E-state index in [9.17, 15) is 8.42 Å². The van der Waals surface area contributed by atoms with Gasteiger partial charge in [-0.1, -0.05) is 32.6 Å². The molecule has 0 saturated carbocycles. The zero-order valence-electron chi connectivity index (χ0n) is 13.0. The zero-order valence-corrected chi connectivity index (χ0v) is 13.8. The lowest BCUT2D eigenvalue weighted by molar-refractivity contribution is 0.350. The maximum Gasteiger partial charge on any atom is 0.240 e. The van der Waals surface area contributed by atoms with Crippen molar-refractivity contribution in [3.63, 3.8) is 0 Å². The topological polar surface area (TPSA) is 66.4 Å². The Morgan fingerprint density at radius 1 is 1.33 bits per heavy atom. The van der Waals surface area contributed by atoms with E-state index in [-0.39, 0.29) is 16.9 Å². The largest absolute Gasteiger partial charge is 0.384 e. The lowest BCUT2D eigenvalue weighted by Gasteiger charge is -2.22. The molecular weight excluding hydrogens is 286 g/mol. The van der Waals surface area contributed by atoms with Crippen molar-refractivity contribution in [1.29, 1.82) is 0 Å². The van der Waals surface area contributed by atoms with Crippen LogP contribution in [0.4, 0.5) is 0 Å². The first kappa shape index (κ1) is 17.7. The maximum absolute atomic E-state index is 12.3. The molecule has 0 bridgehead atoms. The van der Waals surface area contributed by atoms with Gasteiger partial charge in [0.15, 0.2) is 0 Å². The third-order valence-electron chi connectivity index (χ3n) is 3.51. The van der Waals surface area contributed by atoms with E-state index in [1.807, 2.05) is 20.8 Å². The molecule has 21 heavy (non-hydrogen) atoms. The van der Waals surface area contributed by atoms with Gasteiger partial charge in [0.05, 0.1) is 4.90 Å². The van der Waals surface area contributed by atoms with E-state index in [0.29, 0.717) is 6.54 Å². The molecule has 0 amide bonds. The minimum Gasteiger partial charge on any atom is -0.384 e. The molecule has 0 aliphatic carbocycles. The van der Waals surface area contributed by atoms with Crippen LogP contribution in [0.3, 0.4) is 0 Å². The van der Waals surface area contributed by atoms with Crippen LogP contribution >= 0.6 is 0 Å². The Morgan fingerprint density at radius 2 is 2.00 bits per heavy atom. The van der Waals surface area contributed by atoms with Crippen molar-refractivity contribution in [2.45, 2.75) is 39.0 Å². The van der Waals surface area contributed by atoms with Crippen LogP contribution in [0.5, 0.6) is 0 Å². The summed E-state index contributed by atoms with van der Waals surface area (Å²) in [4.78, 5) is 0.237. The van der Waals surface area contributed by atoms with Crippen LogP contribution in [0.1, 0.15) is 38.3 Å². The summed E-state index contributed by atoms with van der Waals surface area (Å²) >= 11 is 0. The van der Waals surface area contributed by atoms with Crippen LogP contribution in [-0.2, 0) is 10.0 Å². The lowest BCUT2D eigenvalue weighted by Crippen LogP contribution is -2.33. The van der Waals surface area contributed by atoms with Crippen molar-refractivity contribution < 1.29 is 13.5 Å². The number of aliphatic hydroxyl groups excluding tert-OH is 1. The Balaban J connectivity index is 2.97. The van der Waals surface area contributed by atoms with Crippen LogP contribution in [0, 0.1) is 24.2 Å². The maximum atomic E-state index is 12.3. The monoisotopic (exact) mass is 309 g/mol. The van der Waals surface area contributed by atoms with E-state index in [1.54, 1.807) is 19.1 Å². The fourth-order valence-electron chi connectivity index (χ4n) is 1.58. The highest BCUT2D eigenvalue weighted by Gasteiger charge is 2.21. The van der Waals surface area contributed by atoms with Crippen molar-refractivity contribution in [1.82, 2.24) is 4.72 Å². The second kappa shape index (κ2) is 7.08. The quantitative estimate of drug-likeness (QED) is 0.818. The Hall–Kier alpha value is -1.35. The highest BCUT2D eigenvalue weighted by Crippen LogP contribution is 2.20. The molecule has 0 unspecified atom stereocenters. The molecule has 5 heteroatoms. The molecule has 1 aromatic rings. The normalized spacial score (nSPS) is 11.9. The molecule has 116 valence electrons. The summed E-state index contributed by atoms with van der Waals surface area (Å²) in [6.07, 6.45) is 0.893. The van der Waals surface area contributed by atoms with E-state index >= 15 is 0 Å². The summed E-state index contributed by atoms with van der Waals surface area (Å²) < 4.78 is 27.2. The number of benzene rings is 1. The van der Waals surface area contributed by atoms with Gasteiger partial charge in [-0.25, -0.2) is 13.1 Å². The van der Waals surface area contributed by atoms with Gasteiger partial charge in [0.1, 0.15) is 6.61 Å². The standard InChI is InChI=1S/C16H23NO3S/c1-5-16(3,4)12-17-21(19,20)15-9-8-14(7-6-10-18)13(2)11-15/h8-9,11,17-18H,5,10,12H2,1-4H3. The van der Waals surface area contributed by atoms with Gasteiger partial charge in [0, 0.05) is 12.1 Å². The average Bonchev–Trinajstić information content (AvgIpc) is 2.44.